The Balaban J connectivity index is 2.66. The van der Waals surface area contributed by atoms with E-state index in [-0.39, 0.29) is 0 Å². The molecule has 18 heteroatoms. The smallest absolute Gasteiger partial charge is 0.303 e. The third kappa shape index (κ3) is 10.7. The van der Waals surface area contributed by atoms with E-state index in [2.05, 4.69) is 0 Å². The van der Waals surface area contributed by atoms with Gasteiger partial charge in [0.1, 0.15) is 31.5 Å². The molecule has 0 amide bonds. The normalized spacial score (nSPS) is 31.5. The van der Waals surface area contributed by atoms with Crippen LogP contribution in [0.3, 0.4) is 0 Å². The monoisotopic (exact) mass is 636 g/mol. The number of rotatable bonds is 11. The van der Waals surface area contributed by atoms with Crippen LogP contribution in [0.2, 0.25) is 0 Å². The van der Waals surface area contributed by atoms with Gasteiger partial charge in [0, 0.05) is 48.5 Å². The van der Waals surface area contributed by atoms with Gasteiger partial charge < -0.3 is 52.5 Å². The van der Waals surface area contributed by atoms with E-state index >= 15 is 0 Å². The standard InChI is InChI=1S/C26H36O18/c1-10(27)35-8-17-20(21(38-13(4)30)23(25(34)42-17)40-15(6)32)44-26-24(41-16(7)33)22(39-14(5)31)19(37-12(3)29)18(43-26)9-36-11(2)28/h17-26,34H,8-9H2,1-7H3/t17-,18-,19-,20-,21+,22+,23-,24-,25-,26-/m1/s1. The van der Waals surface area contributed by atoms with Crippen molar-refractivity contribution in [2.24, 2.45) is 0 Å². The van der Waals surface area contributed by atoms with Gasteiger partial charge in [-0.25, -0.2) is 0 Å². The van der Waals surface area contributed by atoms with Crippen molar-refractivity contribution in [2.45, 2.75) is 110 Å². The molecule has 0 bridgehead atoms. The Morgan fingerprint density at radius 1 is 0.477 bits per heavy atom. The Bertz CT molecular complexity index is 1090. The molecule has 0 spiro atoms. The number of carbonyl (C=O) groups is 7. The summed E-state index contributed by atoms with van der Waals surface area (Å²) in [5, 5.41) is 10.6. The lowest BCUT2D eigenvalue weighted by Gasteiger charge is -2.48. The maximum absolute atomic E-state index is 12.2. The Morgan fingerprint density at radius 2 is 0.841 bits per heavy atom. The molecule has 1 N–H and O–H groups in total. The number of hydrogen-bond acceptors (Lipinski definition) is 18. The van der Waals surface area contributed by atoms with Gasteiger partial charge in [0.05, 0.1) is 0 Å². The second-order valence-corrected chi connectivity index (χ2v) is 9.68. The molecule has 2 rings (SSSR count). The molecule has 2 fully saturated rings. The predicted octanol–water partition coefficient (Wildman–Crippen LogP) is -1.40. The molecule has 0 aliphatic carbocycles. The first kappa shape index (κ1) is 36.3. The van der Waals surface area contributed by atoms with Crippen molar-refractivity contribution in [1.29, 1.82) is 0 Å². The Hall–Kier alpha value is -3.87. The zero-order chi connectivity index (χ0) is 33.3. The summed E-state index contributed by atoms with van der Waals surface area (Å²) < 4.78 is 54.1. The number of aliphatic hydroxyl groups excluding tert-OH is 1. The molecule has 44 heavy (non-hydrogen) atoms. The summed E-state index contributed by atoms with van der Waals surface area (Å²) in [6.07, 6.45) is -16.3. The molecule has 2 aliphatic heterocycles. The summed E-state index contributed by atoms with van der Waals surface area (Å²) in [6.45, 7) is 6.11. The first-order valence-electron chi connectivity index (χ1n) is 13.3. The van der Waals surface area contributed by atoms with Gasteiger partial charge in [-0.1, -0.05) is 0 Å². The van der Waals surface area contributed by atoms with Crippen LogP contribution >= 0.6 is 0 Å². The molecule has 2 heterocycles. The second kappa shape index (κ2) is 16.3. The third-order valence-corrected chi connectivity index (χ3v) is 5.90. The number of esters is 7. The average Bonchev–Trinajstić information content (AvgIpc) is 2.87. The number of hydrogen-bond donors (Lipinski definition) is 1. The van der Waals surface area contributed by atoms with Gasteiger partial charge in [0.2, 0.25) is 0 Å². The van der Waals surface area contributed by atoms with Crippen molar-refractivity contribution in [3.8, 4) is 0 Å². The zero-order valence-corrected chi connectivity index (χ0v) is 25.1. The number of aliphatic hydroxyl groups is 1. The van der Waals surface area contributed by atoms with E-state index in [9.17, 15) is 38.7 Å². The highest BCUT2D eigenvalue weighted by atomic mass is 16.8. The van der Waals surface area contributed by atoms with Crippen molar-refractivity contribution < 1.29 is 86.0 Å². The van der Waals surface area contributed by atoms with E-state index in [1.807, 2.05) is 0 Å². The molecule has 0 aromatic carbocycles. The van der Waals surface area contributed by atoms with Gasteiger partial charge in [-0.2, -0.15) is 0 Å². The van der Waals surface area contributed by atoms with Crippen molar-refractivity contribution in [1.82, 2.24) is 0 Å². The molecule has 0 aromatic rings. The minimum absolute atomic E-state index is 0.572. The van der Waals surface area contributed by atoms with Gasteiger partial charge in [-0.3, -0.25) is 33.6 Å². The van der Waals surface area contributed by atoms with Gasteiger partial charge >= 0.3 is 41.8 Å². The van der Waals surface area contributed by atoms with Crippen LogP contribution in [0.5, 0.6) is 0 Å². The fourth-order valence-electron chi connectivity index (χ4n) is 4.49. The molecule has 248 valence electrons. The van der Waals surface area contributed by atoms with E-state index in [0.29, 0.717) is 0 Å². The van der Waals surface area contributed by atoms with Crippen molar-refractivity contribution in [2.75, 3.05) is 13.2 Å². The summed E-state index contributed by atoms with van der Waals surface area (Å²) in [5.41, 5.74) is 0. The third-order valence-electron chi connectivity index (χ3n) is 5.90. The summed E-state index contributed by atoms with van der Waals surface area (Å²) in [5.74, 6) is -6.03. The Kier molecular flexibility index (Phi) is 13.4. The molecule has 0 aromatic heterocycles. The van der Waals surface area contributed by atoms with Crippen LogP contribution < -0.4 is 0 Å². The average molecular weight is 637 g/mol. The first-order valence-corrected chi connectivity index (χ1v) is 13.3. The van der Waals surface area contributed by atoms with E-state index in [1.165, 1.54) is 0 Å². The van der Waals surface area contributed by atoms with Crippen LogP contribution in [-0.4, -0.2) is 122 Å². The van der Waals surface area contributed by atoms with Crippen LogP contribution in [0, 0.1) is 0 Å². The highest BCUT2D eigenvalue weighted by molar-refractivity contribution is 5.69. The maximum Gasteiger partial charge on any atom is 0.303 e. The fraction of sp³-hybridized carbons (Fsp3) is 0.731. The lowest BCUT2D eigenvalue weighted by atomic mass is 9.96. The summed E-state index contributed by atoms with van der Waals surface area (Å²) in [4.78, 5) is 83.5. The zero-order valence-electron chi connectivity index (χ0n) is 25.1. The van der Waals surface area contributed by atoms with E-state index in [1.54, 1.807) is 0 Å². The van der Waals surface area contributed by atoms with Gasteiger partial charge in [-0.05, 0) is 0 Å². The molecule has 0 radical (unpaired) electrons. The summed E-state index contributed by atoms with van der Waals surface area (Å²) in [6, 6.07) is 0. The van der Waals surface area contributed by atoms with Crippen LogP contribution in [0.15, 0.2) is 0 Å². The quantitative estimate of drug-likeness (QED) is 0.203. The summed E-state index contributed by atoms with van der Waals surface area (Å²) >= 11 is 0. The van der Waals surface area contributed by atoms with Crippen LogP contribution in [0.25, 0.3) is 0 Å². The van der Waals surface area contributed by atoms with Gasteiger partial charge in [0.25, 0.3) is 0 Å². The molecular formula is C26H36O18. The molecule has 2 aliphatic rings. The van der Waals surface area contributed by atoms with Gasteiger partial charge in [-0.15, -0.1) is 0 Å². The number of ether oxygens (including phenoxy) is 10. The second-order valence-electron chi connectivity index (χ2n) is 9.68. The lowest BCUT2D eigenvalue weighted by Crippen LogP contribution is -2.67. The van der Waals surface area contributed by atoms with Gasteiger partial charge in [0.15, 0.2) is 43.1 Å². The Morgan fingerprint density at radius 3 is 1.27 bits per heavy atom. The Labute approximate surface area is 251 Å². The molecule has 18 nitrogen and oxygen atoms in total. The van der Waals surface area contributed by atoms with Crippen LogP contribution in [0.4, 0.5) is 0 Å². The highest BCUT2D eigenvalue weighted by Crippen LogP contribution is 2.34. The molecule has 0 saturated carbocycles. The first-order chi connectivity index (χ1) is 20.5. The summed E-state index contributed by atoms with van der Waals surface area (Å²) in [7, 11) is 0. The largest absolute Gasteiger partial charge is 0.463 e. The SMILES string of the molecule is CC(=O)OC[C@H]1O[C@@H](O)[C@H](OC(C)=O)[C@@H](OC(C)=O)[C@@H]1O[C@H]1O[C@H](COC(C)=O)[C@@H](OC(C)=O)[C@H](OC(C)=O)[C@H]1OC(C)=O. The topological polar surface area (TPSA) is 232 Å². The van der Waals surface area contributed by atoms with Crippen molar-refractivity contribution in [3.05, 3.63) is 0 Å². The minimum Gasteiger partial charge on any atom is -0.463 e. The highest BCUT2D eigenvalue weighted by Gasteiger charge is 2.57. The van der Waals surface area contributed by atoms with E-state index in [0.717, 1.165) is 48.5 Å². The molecule has 0 unspecified atom stereocenters. The molecule has 10 atom stereocenters. The molecule has 2 saturated heterocycles. The van der Waals surface area contributed by atoms with Crippen LogP contribution in [-0.2, 0) is 80.9 Å². The van der Waals surface area contributed by atoms with Crippen LogP contribution in [0.1, 0.15) is 48.5 Å². The van der Waals surface area contributed by atoms with Crippen molar-refractivity contribution in [3.63, 3.8) is 0 Å². The predicted molar refractivity (Wildman–Crippen MR) is 135 cm³/mol. The van der Waals surface area contributed by atoms with E-state index < -0.39 is 116 Å². The maximum atomic E-state index is 12.2. The fourth-order valence-corrected chi connectivity index (χ4v) is 4.49. The minimum atomic E-state index is -1.90. The lowest BCUT2D eigenvalue weighted by molar-refractivity contribution is -0.357. The number of carbonyl (C=O) groups excluding carboxylic acids is 7. The molecular weight excluding hydrogens is 600 g/mol. The van der Waals surface area contributed by atoms with E-state index in [4.69, 9.17) is 47.4 Å². The van der Waals surface area contributed by atoms with Crippen molar-refractivity contribution >= 4 is 41.8 Å².